The maximum absolute atomic E-state index is 11.9. The molecule has 0 aliphatic heterocycles. The van der Waals surface area contributed by atoms with Gasteiger partial charge in [-0.25, -0.2) is 9.97 Å². The summed E-state index contributed by atoms with van der Waals surface area (Å²) in [4.78, 5) is 20.4. The van der Waals surface area contributed by atoms with Crippen molar-refractivity contribution in [2.24, 2.45) is 0 Å². The molecule has 1 rings (SSSR count). The predicted molar refractivity (Wildman–Crippen MR) is 80.8 cm³/mol. The lowest BCUT2D eigenvalue weighted by Crippen LogP contribution is -2.50. The average molecular weight is 297 g/mol. The van der Waals surface area contributed by atoms with E-state index >= 15 is 0 Å². The Hall–Kier alpha value is -1.14. The van der Waals surface area contributed by atoms with Gasteiger partial charge in [0.1, 0.15) is 5.54 Å². The first-order valence-corrected chi connectivity index (χ1v) is 7.76. The van der Waals surface area contributed by atoms with Crippen LogP contribution in [0, 0.1) is 6.92 Å². The third-order valence-electron chi connectivity index (χ3n) is 3.01. The van der Waals surface area contributed by atoms with Crippen molar-refractivity contribution in [2.75, 3.05) is 19.4 Å². The standard InChI is InChI=1S/C14H23N3O2S/c1-5-8-16-14(3,12(18)19-4)7-10-20-13-15-9-6-11(2)17-13/h6,9,16H,5,7-8,10H2,1-4H3. The van der Waals surface area contributed by atoms with Crippen molar-refractivity contribution >= 4 is 17.7 Å². The van der Waals surface area contributed by atoms with E-state index in [1.807, 2.05) is 19.9 Å². The van der Waals surface area contributed by atoms with E-state index in [9.17, 15) is 4.79 Å². The zero-order valence-corrected chi connectivity index (χ0v) is 13.4. The van der Waals surface area contributed by atoms with Crippen LogP contribution in [0.25, 0.3) is 0 Å². The molecule has 0 spiro atoms. The highest BCUT2D eigenvalue weighted by atomic mass is 32.2. The van der Waals surface area contributed by atoms with Crippen LogP contribution in [0.1, 0.15) is 32.4 Å². The topological polar surface area (TPSA) is 64.1 Å². The van der Waals surface area contributed by atoms with E-state index in [4.69, 9.17) is 4.74 Å². The van der Waals surface area contributed by atoms with E-state index in [1.54, 1.807) is 18.0 Å². The predicted octanol–water partition coefficient (Wildman–Crippen LogP) is 2.20. The van der Waals surface area contributed by atoms with Crippen molar-refractivity contribution in [1.29, 1.82) is 0 Å². The fraction of sp³-hybridized carbons (Fsp3) is 0.643. The first-order chi connectivity index (χ1) is 9.51. The van der Waals surface area contributed by atoms with Crippen LogP contribution in [0.5, 0.6) is 0 Å². The number of rotatable bonds is 8. The summed E-state index contributed by atoms with van der Waals surface area (Å²) in [6.45, 7) is 6.68. The Morgan fingerprint density at radius 2 is 2.30 bits per heavy atom. The molecular formula is C14H23N3O2S. The molecule has 1 aromatic rings. The lowest BCUT2D eigenvalue weighted by atomic mass is 9.99. The van der Waals surface area contributed by atoms with E-state index in [2.05, 4.69) is 22.2 Å². The smallest absolute Gasteiger partial charge is 0.325 e. The summed E-state index contributed by atoms with van der Waals surface area (Å²) >= 11 is 1.55. The van der Waals surface area contributed by atoms with E-state index in [0.29, 0.717) is 6.42 Å². The molecule has 0 aliphatic rings. The second-order valence-electron chi connectivity index (χ2n) is 4.83. The molecule has 0 aromatic carbocycles. The lowest BCUT2D eigenvalue weighted by molar-refractivity contribution is -0.148. The molecule has 0 saturated heterocycles. The Morgan fingerprint density at radius 3 is 2.90 bits per heavy atom. The number of aromatic nitrogens is 2. The van der Waals surface area contributed by atoms with Gasteiger partial charge in [0, 0.05) is 17.6 Å². The number of thioether (sulfide) groups is 1. The van der Waals surface area contributed by atoms with Gasteiger partial charge >= 0.3 is 5.97 Å². The van der Waals surface area contributed by atoms with E-state index < -0.39 is 5.54 Å². The van der Waals surface area contributed by atoms with E-state index in [1.165, 1.54) is 7.11 Å². The minimum atomic E-state index is -0.651. The molecule has 6 heteroatoms. The van der Waals surface area contributed by atoms with Crippen LogP contribution in [-0.2, 0) is 9.53 Å². The number of carbonyl (C=O) groups excluding carboxylic acids is 1. The van der Waals surface area contributed by atoms with Gasteiger partial charge in [0.05, 0.1) is 7.11 Å². The summed E-state index contributed by atoms with van der Waals surface area (Å²) in [5.41, 5.74) is 0.295. The molecule has 0 saturated carbocycles. The second kappa shape index (κ2) is 8.21. The van der Waals surface area contributed by atoms with Gasteiger partial charge in [-0.05, 0) is 39.3 Å². The summed E-state index contributed by atoms with van der Waals surface area (Å²) < 4.78 is 4.89. The molecule has 1 heterocycles. The summed E-state index contributed by atoms with van der Waals surface area (Å²) in [5.74, 6) is 0.530. The summed E-state index contributed by atoms with van der Waals surface area (Å²) in [6, 6.07) is 1.87. The van der Waals surface area contributed by atoms with Crippen molar-refractivity contribution in [3.63, 3.8) is 0 Å². The molecule has 0 radical (unpaired) electrons. The van der Waals surface area contributed by atoms with Crippen molar-refractivity contribution in [2.45, 2.75) is 44.3 Å². The monoisotopic (exact) mass is 297 g/mol. The molecule has 0 fully saturated rings. The van der Waals surface area contributed by atoms with Gasteiger partial charge in [-0.2, -0.15) is 0 Å². The van der Waals surface area contributed by atoms with Crippen LogP contribution in [0.15, 0.2) is 17.4 Å². The van der Waals surface area contributed by atoms with Crippen molar-refractivity contribution in [3.05, 3.63) is 18.0 Å². The molecule has 0 amide bonds. The third-order valence-corrected chi connectivity index (χ3v) is 3.87. The van der Waals surface area contributed by atoms with Gasteiger partial charge in [0.2, 0.25) is 0 Å². The zero-order valence-electron chi connectivity index (χ0n) is 12.6. The Kier molecular flexibility index (Phi) is 6.95. The molecule has 112 valence electrons. The van der Waals surface area contributed by atoms with Crippen molar-refractivity contribution in [3.8, 4) is 0 Å². The van der Waals surface area contributed by atoms with Gasteiger partial charge in [-0.1, -0.05) is 18.7 Å². The average Bonchev–Trinajstić information content (AvgIpc) is 2.44. The summed E-state index contributed by atoms with van der Waals surface area (Å²) in [6.07, 6.45) is 3.39. The number of nitrogens with one attached hydrogen (secondary N) is 1. The van der Waals surface area contributed by atoms with Crippen LogP contribution >= 0.6 is 11.8 Å². The normalized spacial score (nSPS) is 13.8. The third kappa shape index (κ3) is 5.09. The Morgan fingerprint density at radius 1 is 1.55 bits per heavy atom. The fourth-order valence-electron chi connectivity index (χ4n) is 1.73. The highest BCUT2D eigenvalue weighted by molar-refractivity contribution is 7.99. The summed E-state index contributed by atoms with van der Waals surface area (Å²) in [5, 5.41) is 4.01. The minimum absolute atomic E-state index is 0.225. The Labute approximate surface area is 124 Å². The highest BCUT2D eigenvalue weighted by Gasteiger charge is 2.33. The number of hydrogen-bond donors (Lipinski definition) is 1. The fourth-order valence-corrected chi connectivity index (χ4v) is 2.77. The van der Waals surface area contributed by atoms with Crippen molar-refractivity contribution < 1.29 is 9.53 Å². The van der Waals surface area contributed by atoms with Gasteiger partial charge in [-0.3, -0.25) is 4.79 Å². The van der Waals surface area contributed by atoms with Crippen LogP contribution in [0.4, 0.5) is 0 Å². The molecule has 0 aliphatic carbocycles. The molecule has 1 aromatic heterocycles. The van der Waals surface area contributed by atoms with E-state index in [-0.39, 0.29) is 5.97 Å². The minimum Gasteiger partial charge on any atom is -0.468 e. The van der Waals surface area contributed by atoms with Gasteiger partial charge in [0.15, 0.2) is 5.16 Å². The first-order valence-electron chi connectivity index (χ1n) is 6.77. The number of esters is 1. The number of ether oxygens (including phenoxy) is 1. The van der Waals surface area contributed by atoms with Crippen LogP contribution in [0.2, 0.25) is 0 Å². The zero-order chi connectivity index (χ0) is 15.0. The quantitative estimate of drug-likeness (QED) is 0.451. The molecule has 5 nitrogen and oxygen atoms in total. The number of hydrogen-bond acceptors (Lipinski definition) is 6. The number of methoxy groups -OCH3 is 1. The number of carbonyl (C=O) groups is 1. The van der Waals surface area contributed by atoms with Crippen LogP contribution in [0.3, 0.4) is 0 Å². The highest BCUT2D eigenvalue weighted by Crippen LogP contribution is 2.20. The molecule has 1 unspecified atom stereocenters. The molecular weight excluding hydrogens is 274 g/mol. The summed E-state index contributed by atoms with van der Waals surface area (Å²) in [7, 11) is 1.42. The SMILES string of the molecule is CCCNC(C)(CCSc1nccc(C)n1)C(=O)OC. The Bertz CT molecular complexity index is 442. The maximum atomic E-state index is 11.9. The maximum Gasteiger partial charge on any atom is 0.325 e. The van der Waals surface area contributed by atoms with Gasteiger partial charge in [-0.15, -0.1) is 0 Å². The molecule has 1 atom stereocenters. The van der Waals surface area contributed by atoms with Gasteiger partial charge < -0.3 is 10.1 Å². The first kappa shape index (κ1) is 16.9. The largest absolute Gasteiger partial charge is 0.468 e. The van der Waals surface area contributed by atoms with Crippen LogP contribution < -0.4 is 5.32 Å². The second-order valence-corrected chi connectivity index (χ2v) is 5.89. The van der Waals surface area contributed by atoms with Gasteiger partial charge in [0.25, 0.3) is 0 Å². The number of aryl methyl sites for hydroxylation is 1. The van der Waals surface area contributed by atoms with E-state index in [0.717, 1.165) is 29.6 Å². The Balaban J connectivity index is 2.56. The number of nitrogens with zero attached hydrogens (tertiary/aromatic N) is 2. The van der Waals surface area contributed by atoms with Crippen molar-refractivity contribution in [1.82, 2.24) is 15.3 Å². The lowest BCUT2D eigenvalue weighted by Gasteiger charge is -2.27. The molecule has 20 heavy (non-hydrogen) atoms. The molecule has 1 N–H and O–H groups in total. The van der Waals surface area contributed by atoms with Crippen LogP contribution in [-0.4, -0.2) is 40.9 Å². The molecule has 0 bridgehead atoms.